The van der Waals surface area contributed by atoms with Gasteiger partial charge in [0, 0.05) is 12.4 Å². The summed E-state index contributed by atoms with van der Waals surface area (Å²) in [5.41, 5.74) is 0.424. The fourth-order valence-corrected chi connectivity index (χ4v) is 4.22. The minimum absolute atomic E-state index is 0.0612. The Morgan fingerprint density at radius 1 is 1.42 bits per heavy atom. The molecule has 126 valence electrons. The van der Waals surface area contributed by atoms with Crippen molar-refractivity contribution in [1.29, 1.82) is 0 Å². The van der Waals surface area contributed by atoms with E-state index in [0.717, 1.165) is 12.8 Å². The van der Waals surface area contributed by atoms with E-state index in [0.29, 0.717) is 17.6 Å². The van der Waals surface area contributed by atoms with Crippen LogP contribution in [0.5, 0.6) is 0 Å². The van der Waals surface area contributed by atoms with Crippen molar-refractivity contribution in [3.8, 4) is 0 Å². The zero-order chi connectivity index (χ0) is 16.8. The number of hydrogen-bond acceptors (Lipinski definition) is 4. The highest BCUT2D eigenvalue weighted by molar-refractivity contribution is 6.28. The first-order valence-corrected chi connectivity index (χ1v) is 8.51. The maximum absolute atomic E-state index is 14.3. The van der Waals surface area contributed by atoms with Gasteiger partial charge < -0.3 is 9.30 Å². The van der Waals surface area contributed by atoms with Crippen molar-refractivity contribution in [1.82, 2.24) is 14.5 Å². The Bertz CT molecular complexity index is 835. The Labute approximate surface area is 143 Å². The summed E-state index contributed by atoms with van der Waals surface area (Å²) in [6.07, 6.45) is 8.91. The molecule has 5 nitrogen and oxygen atoms in total. The van der Waals surface area contributed by atoms with Crippen molar-refractivity contribution in [3.05, 3.63) is 35.6 Å². The molecule has 2 heterocycles. The normalized spacial score (nSPS) is 28.5. The third-order valence-corrected chi connectivity index (χ3v) is 5.26. The van der Waals surface area contributed by atoms with Gasteiger partial charge in [0.1, 0.15) is 5.65 Å². The molecule has 3 aliphatic rings. The minimum Gasteiger partial charge on any atom is -0.466 e. The van der Waals surface area contributed by atoms with Gasteiger partial charge in [-0.1, -0.05) is 12.2 Å². The molecule has 0 spiro atoms. The van der Waals surface area contributed by atoms with Gasteiger partial charge in [-0.3, -0.25) is 4.79 Å². The van der Waals surface area contributed by atoms with Gasteiger partial charge in [-0.05, 0) is 43.2 Å². The van der Waals surface area contributed by atoms with Crippen LogP contribution in [0.25, 0.3) is 11.0 Å². The second kappa shape index (κ2) is 5.84. The average Bonchev–Trinajstić information content (AvgIpc) is 2.91. The van der Waals surface area contributed by atoms with Crippen LogP contribution in [0.1, 0.15) is 25.8 Å². The fourth-order valence-electron chi connectivity index (χ4n) is 4.10. The lowest BCUT2D eigenvalue weighted by Crippen LogP contribution is -2.43. The van der Waals surface area contributed by atoms with E-state index in [1.165, 1.54) is 12.4 Å². The van der Waals surface area contributed by atoms with Crippen molar-refractivity contribution in [2.75, 3.05) is 6.61 Å². The van der Waals surface area contributed by atoms with Crippen molar-refractivity contribution < 1.29 is 13.9 Å². The number of hydrogen-bond donors (Lipinski definition) is 0. The lowest BCUT2D eigenvalue weighted by Gasteiger charge is -2.44. The van der Waals surface area contributed by atoms with Gasteiger partial charge in [0.25, 0.3) is 0 Å². The number of halogens is 2. The molecule has 3 aliphatic carbocycles. The van der Waals surface area contributed by atoms with Gasteiger partial charge in [0.05, 0.1) is 24.0 Å². The molecule has 1 saturated carbocycles. The summed E-state index contributed by atoms with van der Waals surface area (Å²) < 4.78 is 21.4. The van der Waals surface area contributed by atoms with Crippen LogP contribution in [0.15, 0.2) is 24.5 Å². The molecule has 7 heteroatoms. The van der Waals surface area contributed by atoms with Gasteiger partial charge in [0.15, 0.2) is 5.82 Å². The Morgan fingerprint density at radius 2 is 2.17 bits per heavy atom. The molecular weight excluding hydrogens is 333 g/mol. The van der Waals surface area contributed by atoms with E-state index in [2.05, 4.69) is 22.1 Å². The monoisotopic (exact) mass is 349 g/mol. The summed E-state index contributed by atoms with van der Waals surface area (Å²) in [5.74, 6) is -0.721. The number of esters is 1. The summed E-state index contributed by atoms with van der Waals surface area (Å²) in [6.45, 7) is 2.12. The molecule has 2 aromatic rings. The van der Waals surface area contributed by atoms with Crippen LogP contribution in [-0.4, -0.2) is 27.1 Å². The predicted molar refractivity (Wildman–Crippen MR) is 87.0 cm³/mol. The molecule has 2 aromatic heterocycles. The van der Waals surface area contributed by atoms with Crippen molar-refractivity contribution in [2.24, 2.45) is 17.8 Å². The van der Waals surface area contributed by atoms with Gasteiger partial charge >= 0.3 is 5.97 Å². The van der Waals surface area contributed by atoms with Gasteiger partial charge in [-0.15, -0.1) is 0 Å². The zero-order valence-electron chi connectivity index (χ0n) is 13.2. The molecule has 0 N–H and O–H groups in total. The first-order chi connectivity index (χ1) is 11.6. The number of nitrogens with zero attached hydrogens (tertiary/aromatic N) is 3. The van der Waals surface area contributed by atoms with Gasteiger partial charge in [0.2, 0.25) is 5.28 Å². The van der Waals surface area contributed by atoms with Gasteiger partial charge in [-0.25, -0.2) is 9.37 Å². The third-order valence-electron chi connectivity index (χ3n) is 5.08. The second-order valence-electron chi connectivity index (χ2n) is 6.32. The molecule has 1 fully saturated rings. The standard InChI is InChI=1S/C17H17ClFN3O2/c1-2-24-16(23)13-9-3-5-10(6-4-9)14(13)22-8-12(19)11-7-20-17(18)21-15(11)22/h3,5,7-10,13-14H,2,4,6H2,1H3. The lowest BCUT2D eigenvalue weighted by molar-refractivity contribution is -0.153. The minimum atomic E-state index is -0.408. The quantitative estimate of drug-likeness (QED) is 0.483. The highest BCUT2D eigenvalue weighted by Crippen LogP contribution is 2.49. The molecule has 0 saturated heterocycles. The maximum atomic E-state index is 14.3. The van der Waals surface area contributed by atoms with Crippen LogP contribution in [0.3, 0.4) is 0 Å². The topological polar surface area (TPSA) is 57.0 Å². The van der Waals surface area contributed by atoms with E-state index < -0.39 is 5.82 Å². The smallest absolute Gasteiger partial charge is 0.311 e. The molecule has 4 atom stereocenters. The Balaban J connectivity index is 1.85. The van der Waals surface area contributed by atoms with Crippen LogP contribution in [0, 0.1) is 23.6 Å². The zero-order valence-corrected chi connectivity index (χ0v) is 13.9. The van der Waals surface area contributed by atoms with Crippen molar-refractivity contribution in [2.45, 2.75) is 25.8 Å². The number of carbonyl (C=O) groups excluding carboxylic acids is 1. The first-order valence-electron chi connectivity index (χ1n) is 8.13. The Morgan fingerprint density at radius 3 is 2.88 bits per heavy atom. The van der Waals surface area contributed by atoms with E-state index in [-0.39, 0.29) is 35.0 Å². The molecule has 4 unspecified atom stereocenters. The van der Waals surface area contributed by atoms with Gasteiger partial charge in [-0.2, -0.15) is 4.98 Å². The SMILES string of the molecule is CCOC(=O)C1C2C=CC(CC2)C1n1cc(F)c2cnc(Cl)nc21. The molecule has 0 amide bonds. The maximum Gasteiger partial charge on any atom is 0.311 e. The summed E-state index contributed by atoms with van der Waals surface area (Å²) in [7, 11) is 0. The highest BCUT2D eigenvalue weighted by atomic mass is 35.5. The van der Waals surface area contributed by atoms with Crippen LogP contribution >= 0.6 is 11.6 Å². The van der Waals surface area contributed by atoms with E-state index in [1.807, 2.05) is 0 Å². The van der Waals surface area contributed by atoms with Crippen LogP contribution in [0.4, 0.5) is 4.39 Å². The van der Waals surface area contributed by atoms with E-state index >= 15 is 0 Å². The Hall–Kier alpha value is -1.95. The molecule has 24 heavy (non-hydrogen) atoms. The van der Waals surface area contributed by atoms with Crippen molar-refractivity contribution >= 4 is 28.6 Å². The average molecular weight is 350 g/mol. The largest absolute Gasteiger partial charge is 0.466 e. The first kappa shape index (κ1) is 15.6. The van der Waals surface area contributed by atoms with E-state index in [1.54, 1.807) is 11.5 Å². The lowest BCUT2D eigenvalue weighted by atomic mass is 9.65. The number of ether oxygens (including phenoxy) is 1. The van der Waals surface area contributed by atoms with Crippen molar-refractivity contribution in [3.63, 3.8) is 0 Å². The summed E-state index contributed by atoms with van der Waals surface area (Å²) in [4.78, 5) is 20.6. The van der Waals surface area contributed by atoms with E-state index in [9.17, 15) is 9.18 Å². The number of carbonyl (C=O) groups is 1. The third kappa shape index (κ3) is 2.32. The summed E-state index contributed by atoms with van der Waals surface area (Å²) in [6, 6.07) is -0.217. The summed E-state index contributed by atoms with van der Waals surface area (Å²) >= 11 is 5.90. The Kier molecular flexibility index (Phi) is 3.79. The van der Waals surface area contributed by atoms with Crippen LogP contribution < -0.4 is 0 Å². The number of aromatic nitrogens is 3. The molecule has 0 radical (unpaired) electrons. The highest BCUT2D eigenvalue weighted by Gasteiger charge is 2.47. The predicted octanol–water partition coefficient (Wildman–Crippen LogP) is 3.54. The molecule has 0 aromatic carbocycles. The summed E-state index contributed by atoms with van der Waals surface area (Å²) in [5, 5.41) is 0.374. The molecule has 0 aliphatic heterocycles. The molecule has 5 rings (SSSR count). The number of allylic oxidation sites excluding steroid dienone is 2. The second-order valence-corrected chi connectivity index (χ2v) is 6.66. The van der Waals surface area contributed by atoms with Crippen LogP contribution in [-0.2, 0) is 9.53 Å². The van der Waals surface area contributed by atoms with E-state index in [4.69, 9.17) is 16.3 Å². The fraction of sp³-hybridized carbons (Fsp3) is 0.471. The number of fused-ring (bicyclic) bond motifs is 3. The molecular formula is C17H17ClFN3O2. The van der Waals surface area contributed by atoms with Crippen LogP contribution in [0.2, 0.25) is 5.28 Å². The number of rotatable bonds is 3. The molecule has 2 bridgehead atoms.